The Morgan fingerprint density at radius 2 is 1.68 bits per heavy atom. The Bertz CT molecular complexity index is 1110. The Kier molecular flexibility index (Phi) is 7.75. The third-order valence-corrected chi connectivity index (χ3v) is 6.23. The minimum Gasteiger partial charge on any atom is -0.353 e. The van der Waals surface area contributed by atoms with Crippen molar-refractivity contribution in [1.82, 2.24) is 20.0 Å². The van der Waals surface area contributed by atoms with Gasteiger partial charge in [-0.3, -0.25) is 9.59 Å². The van der Waals surface area contributed by atoms with Gasteiger partial charge in [-0.15, -0.1) is 10.2 Å². The number of carbonyl (C=O) groups excluding carboxylic acids is 2. The molecule has 4 rings (SSSR count). The molecule has 2 heterocycles. The van der Waals surface area contributed by atoms with Crippen LogP contribution in [0.3, 0.4) is 0 Å². The maximum absolute atomic E-state index is 13.0. The van der Waals surface area contributed by atoms with E-state index >= 15 is 0 Å². The zero-order valence-electron chi connectivity index (χ0n) is 19.2. The fourth-order valence-corrected chi connectivity index (χ4v) is 4.14. The van der Waals surface area contributed by atoms with Crippen molar-refractivity contribution in [3.63, 3.8) is 0 Å². The molecule has 2 amide bonds. The van der Waals surface area contributed by atoms with Crippen molar-refractivity contribution >= 4 is 29.2 Å². The van der Waals surface area contributed by atoms with Crippen LogP contribution in [0.5, 0.6) is 0 Å². The molecule has 3 aromatic rings. The van der Waals surface area contributed by atoms with E-state index in [4.69, 9.17) is 11.6 Å². The molecule has 0 atom stereocenters. The topological polar surface area (TPSA) is 69.6 Å². The molecule has 34 heavy (non-hydrogen) atoms. The molecule has 2 aromatic carbocycles. The van der Waals surface area contributed by atoms with Crippen LogP contribution in [0.1, 0.15) is 23.7 Å². The molecule has 0 radical (unpaired) electrons. The predicted octanol–water partition coefficient (Wildman–Crippen LogP) is 4.00. The van der Waals surface area contributed by atoms with Crippen LogP contribution in [0, 0.1) is 0 Å². The number of hydrogen-bond donors (Lipinski definition) is 0. The van der Waals surface area contributed by atoms with Gasteiger partial charge < -0.3 is 14.7 Å². The molecule has 0 spiro atoms. The van der Waals surface area contributed by atoms with Gasteiger partial charge in [0.25, 0.3) is 5.91 Å². The van der Waals surface area contributed by atoms with Gasteiger partial charge in [0.15, 0.2) is 5.82 Å². The summed E-state index contributed by atoms with van der Waals surface area (Å²) in [6, 6.07) is 20.7. The Morgan fingerprint density at radius 3 is 2.35 bits per heavy atom. The van der Waals surface area contributed by atoms with Gasteiger partial charge in [0, 0.05) is 48.9 Å². The van der Waals surface area contributed by atoms with Crippen LogP contribution in [-0.4, -0.2) is 71.1 Å². The molecule has 7 nitrogen and oxygen atoms in total. The molecule has 8 heteroatoms. The van der Waals surface area contributed by atoms with Crippen LogP contribution in [0.15, 0.2) is 66.7 Å². The summed E-state index contributed by atoms with van der Waals surface area (Å²) in [4.78, 5) is 31.4. The van der Waals surface area contributed by atoms with Gasteiger partial charge >= 0.3 is 0 Å². The van der Waals surface area contributed by atoms with Crippen LogP contribution in [0.25, 0.3) is 11.3 Å². The Hall–Kier alpha value is -3.45. The number of benzene rings is 2. The van der Waals surface area contributed by atoms with Crippen molar-refractivity contribution in [3.05, 3.63) is 77.3 Å². The van der Waals surface area contributed by atoms with Crippen molar-refractivity contribution in [1.29, 1.82) is 0 Å². The first-order chi connectivity index (χ1) is 16.5. The highest BCUT2D eigenvalue weighted by Crippen LogP contribution is 2.19. The quantitative estimate of drug-likeness (QED) is 0.536. The Morgan fingerprint density at radius 1 is 0.912 bits per heavy atom. The second-order valence-electron chi connectivity index (χ2n) is 8.19. The lowest BCUT2D eigenvalue weighted by Gasteiger charge is -2.26. The number of nitrogens with zero attached hydrogens (tertiary/aromatic N) is 5. The molecule has 1 aliphatic rings. The van der Waals surface area contributed by atoms with Gasteiger partial charge in [-0.2, -0.15) is 0 Å². The van der Waals surface area contributed by atoms with E-state index in [1.165, 1.54) is 0 Å². The van der Waals surface area contributed by atoms with E-state index in [-0.39, 0.29) is 18.4 Å². The van der Waals surface area contributed by atoms with Gasteiger partial charge in [0.2, 0.25) is 5.91 Å². The van der Waals surface area contributed by atoms with E-state index in [0.717, 1.165) is 30.0 Å². The summed E-state index contributed by atoms with van der Waals surface area (Å²) in [6.45, 7) is 5.08. The molecule has 1 saturated heterocycles. The smallest absolute Gasteiger partial charge is 0.254 e. The molecular formula is C26H28ClN5O2. The second kappa shape index (κ2) is 11.1. The number of halogens is 1. The lowest BCUT2D eigenvalue weighted by atomic mass is 10.1. The number of aromatic nitrogens is 2. The lowest BCUT2D eigenvalue weighted by Crippen LogP contribution is -2.44. The average Bonchev–Trinajstić information content (AvgIpc) is 3.14. The van der Waals surface area contributed by atoms with Crippen LogP contribution >= 0.6 is 11.6 Å². The van der Waals surface area contributed by atoms with Gasteiger partial charge in [-0.05, 0) is 49.7 Å². The molecule has 0 unspecified atom stereocenters. The molecule has 0 aliphatic carbocycles. The fourth-order valence-electron chi connectivity index (χ4n) is 4.02. The van der Waals surface area contributed by atoms with Crippen LogP contribution in [0.4, 0.5) is 5.82 Å². The van der Waals surface area contributed by atoms with Crippen molar-refractivity contribution in [2.24, 2.45) is 0 Å². The zero-order chi connectivity index (χ0) is 23.9. The number of hydrogen-bond acceptors (Lipinski definition) is 5. The highest BCUT2D eigenvalue weighted by molar-refractivity contribution is 6.30. The summed E-state index contributed by atoms with van der Waals surface area (Å²) in [5.74, 6) is 0.594. The molecular weight excluding hydrogens is 450 g/mol. The monoisotopic (exact) mass is 477 g/mol. The van der Waals surface area contributed by atoms with Gasteiger partial charge in [-0.1, -0.05) is 41.9 Å². The van der Waals surface area contributed by atoms with Crippen molar-refractivity contribution in [2.45, 2.75) is 13.3 Å². The van der Waals surface area contributed by atoms with Crippen LogP contribution in [-0.2, 0) is 4.79 Å². The van der Waals surface area contributed by atoms with E-state index < -0.39 is 0 Å². The molecule has 1 aromatic heterocycles. The SMILES string of the molecule is CCN(CC(=O)N1CCCN(c2ccc(-c3ccccc3)nn2)CC1)C(=O)c1ccc(Cl)cc1. The maximum atomic E-state index is 13.0. The zero-order valence-corrected chi connectivity index (χ0v) is 20.0. The first kappa shape index (κ1) is 23.7. The predicted molar refractivity (Wildman–Crippen MR) is 134 cm³/mol. The summed E-state index contributed by atoms with van der Waals surface area (Å²) in [7, 11) is 0. The number of rotatable bonds is 6. The molecule has 0 saturated carbocycles. The Labute approximate surface area is 205 Å². The van der Waals surface area contributed by atoms with Crippen molar-refractivity contribution in [2.75, 3.05) is 44.2 Å². The van der Waals surface area contributed by atoms with E-state index in [1.54, 1.807) is 29.2 Å². The van der Waals surface area contributed by atoms with Gasteiger partial charge in [0.1, 0.15) is 6.54 Å². The fraction of sp³-hybridized carbons (Fsp3) is 0.308. The van der Waals surface area contributed by atoms with E-state index in [0.29, 0.717) is 36.8 Å². The minimum atomic E-state index is -0.169. The normalized spacial score (nSPS) is 13.9. The highest BCUT2D eigenvalue weighted by atomic mass is 35.5. The highest BCUT2D eigenvalue weighted by Gasteiger charge is 2.24. The first-order valence-electron chi connectivity index (χ1n) is 11.5. The number of anilines is 1. The van der Waals surface area contributed by atoms with Crippen molar-refractivity contribution < 1.29 is 9.59 Å². The Balaban J connectivity index is 1.35. The largest absolute Gasteiger partial charge is 0.353 e. The second-order valence-corrected chi connectivity index (χ2v) is 8.63. The van der Waals surface area contributed by atoms with E-state index in [9.17, 15) is 9.59 Å². The van der Waals surface area contributed by atoms with E-state index in [2.05, 4.69) is 15.1 Å². The first-order valence-corrected chi connectivity index (χ1v) is 11.9. The summed E-state index contributed by atoms with van der Waals surface area (Å²) in [6.07, 6.45) is 0.825. The minimum absolute atomic E-state index is 0.0449. The van der Waals surface area contributed by atoms with Crippen LogP contribution in [0.2, 0.25) is 5.02 Å². The maximum Gasteiger partial charge on any atom is 0.254 e. The molecule has 1 aliphatic heterocycles. The average molecular weight is 478 g/mol. The molecule has 1 fully saturated rings. The molecule has 0 bridgehead atoms. The summed E-state index contributed by atoms with van der Waals surface area (Å²) >= 11 is 5.92. The third kappa shape index (κ3) is 5.72. The van der Waals surface area contributed by atoms with Gasteiger partial charge in [-0.25, -0.2) is 0 Å². The summed E-state index contributed by atoms with van der Waals surface area (Å²) < 4.78 is 0. The molecule has 0 N–H and O–H groups in total. The third-order valence-electron chi connectivity index (χ3n) is 5.98. The number of amides is 2. The standard InChI is InChI=1S/C26H28ClN5O2/c1-2-30(26(34)21-9-11-22(27)12-10-21)19-25(33)32-16-6-15-31(17-18-32)24-14-13-23(28-29-24)20-7-4-3-5-8-20/h3-5,7-14H,2,6,15-19H2,1H3. The van der Waals surface area contributed by atoms with Crippen LogP contribution < -0.4 is 4.90 Å². The van der Waals surface area contributed by atoms with Crippen molar-refractivity contribution in [3.8, 4) is 11.3 Å². The number of likely N-dealkylation sites (N-methyl/N-ethyl adjacent to an activating group) is 1. The number of carbonyl (C=O) groups is 2. The molecule has 176 valence electrons. The van der Waals surface area contributed by atoms with Gasteiger partial charge in [0.05, 0.1) is 5.69 Å². The van der Waals surface area contributed by atoms with E-state index in [1.807, 2.05) is 54.3 Å². The summed E-state index contributed by atoms with van der Waals surface area (Å²) in [5.41, 5.74) is 2.39. The lowest BCUT2D eigenvalue weighted by molar-refractivity contribution is -0.131. The summed E-state index contributed by atoms with van der Waals surface area (Å²) in [5, 5.41) is 9.39.